The monoisotopic (exact) mass is 259 g/mol. The zero-order chi connectivity index (χ0) is 13.3. The van der Waals surface area contributed by atoms with Crippen molar-refractivity contribution >= 4 is 0 Å². The van der Waals surface area contributed by atoms with Gasteiger partial charge in [-0.3, -0.25) is 0 Å². The molecule has 2 saturated heterocycles. The number of hydrogen-bond acceptors (Lipinski definition) is 6. The third-order valence-electron chi connectivity index (χ3n) is 3.15. The maximum Gasteiger partial charge on any atom is 0.189 e. The Kier molecular flexibility index (Phi) is 4.05. The van der Waals surface area contributed by atoms with Gasteiger partial charge in [-0.2, -0.15) is 0 Å². The lowest BCUT2D eigenvalue weighted by Crippen LogP contribution is -2.50. The molecular weight excluding hydrogens is 238 g/mol. The lowest BCUT2D eigenvalue weighted by Gasteiger charge is -2.28. The molecule has 1 unspecified atom stereocenters. The van der Waals surface area contributed by atoms with Crippen LogP contribution in [0.2, 0.25) is 0 Å². The molecule has 2 heterocycles. The summed E-state index contributed by atoms with van der Waals surface area (Å²) in [6.07, 6.45) is -0.620. The quantitative estimate of drug-likeness (QED) is 0.570. The molecule has 2 rings (SSSR count). The van der Waals surface area contributed by atoms with E-state index in [9.17, 15) is 5.11 Å². The number of hydrogen-bond donors (Lipinski definition) is 3. The van der Waals surface area contributed by atoms with Crippen LogP contribution in [0, 0.1) is 0 Å². The van der Waals surface area contributed by atoms with E-state index in [0.717, 1.165) is 0 Å². The summed E-state index contributed by atoms with van der Waals surface area (Å²) < 4.78 is 17.0. The molecule has 2 aliphatic heterocycles. The highest BCUT2D eigenvalue weighted by Gasteiger charge is 2.55. The third kappa shape index (κ3) is 2.59. The zero-order valence-electron chi connectivity index (χ0n) is 10.7. The van der Waals surface area contributed by atoms with Crippen LogP contribution in [-0.4, -0.2) is 59.8 Å². The van der Waals surface area contributed by atoms with Gasteiger partial charge in [0.15, 0.2) is 12.1 Å². The summed E-state index contributed by atoms with van der Waals surface area (Å²) in [5.74, 6) is -0.696. The molecule has 3 N–H and O–H groups in total. The van der Waals surface area contributed by atoms with E-state index in [4.69, 9.17) is 19.3 Å². The van der Waals surface area contributed by atoms with Crippen molar-refractivity contribution in [2.75, 3.05) is 13.2 Å². The standard InChI is InChI=1S/C12H21NO5/c1-4-5-13-8-9(7(15)6-14)16-11-10(8)17-12(2,3)18-11/h4,7-11,13-15H,1,5-6H2,2-3H3/t7?,8-,9+,10+,11+/m0/s1. The third-order valence-corrected chi connectivity index (χ3v) is 3.15. The summed E-state index contributed by atoms with van der Waals surface area (Å²) in [6.45, 7) is 7.47. The minimum absolute atomic E-state index is 0.239. The van der Waals surface area contributed by atoms with Crippen LogP contribution >= 0.6 is 0 Å². The first-order valence-corrected chi connectivity index (χ1v) is 6.13. The average molecular weight is 259 g/mol. The van der Waals surface area contributed by atoms with Crippen LogP contribution < -0.4 is 5.32 Å². The molecule has 0 spiro atoms. The van der Waals surface area contributed by atoms with Crippen LogP contribution in [0.4, 0.5) is 0 Å². The molecule has 0 aromatic heterocycles. The fourth-order valence-corrected chi connectivity index (χ4v) is 2.42. The van der Waals surface area contributed by atoms with E-state index in [0.29, 0.717) is 6.54 Å². The van der Waals surface area contributed by atoms with Crippen molar-refractivity contribution < 1.29 is 24.4 Å². The van der Waals surface area contributed by atoms with Gasteiger partial charge in [-0.1, -0.05) is 6.08 Å². The summed E-state index contributed by atoms with van der Waals surface area (Å²) in [4.78, 5) is 0. The molecule has 18 heavy (non-hydrogen) atoms. The summed E-state index contributed by atoms with van der Waals surface area (Å²) in [5.41, 5.74) is 0. The number of fused-ring (bicyclic) bond motifs is 1. The molecule has 6 nitrogen and oxygen atoms in total. The van der Waals surface area contributed by atoms with E-state index < -0.39 is 24.3 Å². The maximum atomic E-state index is 9.76. The minimum Gasteiger partial charge on any atom is -0.394 e. The predicted octanol–water partition coefficient (Wildman–Crippen LogP) is -0.640. The van der Waals surface area contributed by atoms with Crippen LogP contribution in [0.25, 0.3) is 0 Å². The maximum absolute atomic E-state index is 9.76. The summed E-state index contributed by atoms with van der Waals surface area (Å²) >= 11 is 0. The molecular formula is C12H21NO5. The fraction of sp³-hybridized carbons (Fsp3) is 0.833. The smallest absolute Gasteiger partial charge is 0.189 e. The molecule has 5 atom stereocenters. The molecule has 0 amide bonds. The molecule has 2 fully saturated rings. The Morgan fingerprint density at radius 3 is 2.78 bits per heavy atom. The molecule has 0 aromatic rings. The van der Waals surface area contributed by atoms with E-state index in [1.165, 1.54) is 0 Å². The topological polar surface area (TPSA) is 80.2 Å². The van der Waals surface area contributed by atoms with Gasteiger partial charge >= 0.3 is 0 Å². The molecule has 0 saturated carbocycles. The zero-order valence-corrected chi connectivity index (χ0v) is 10.7. The Labute approximate surface area is 107 Å². The second-order valence-electron chi connectivity index (χ2n) is 5.04. The Morgan fingerprint density at radius 1 is 1.44 bits per heavy atom. The van der Waals surface area contributed by atoms with E-state index in [-0.39, 0.29) is 18.8 Å². The van der Waals surface area contributed by atoms with Crippen LogP contribution in [0.15, 0.2) is 12.7 Å². The number of rotatable bonds is 5. The highest BCUT2D eigenvalue weighted by molar-refractivity contribution is 5.00. The van der Waals surface area contributed by atoms with Gasteiger partial charge < -0.3 is 29.7 Å². The van der Waals surface area contributed by atoms with Crippen LogP contribution in [0.1, 0.15) is 13.8 Å². The molecule has 104 valence electrons. The molecule has 0 aliphatic carbocycles. The van der Waals surface area contributed by atoms with E-state index >= 15 is 0 Å². The van der Waals surface area contributed by atoms with Gasteiger partial charge in [-0.15, -0.1) is 6.58 Å². The van der Waals surface area contributed by atoms with Crippen molar-refractivity contribution in [3.8, 4) is 0 Å². The summed E-state index contributed by atoms with van der Waals surface area (Å²) in [6, 6.07) is -0.239. The normalized spacial score (nSPS) is 39.6. The fourth-order valence-electron chi connectivity index (χ4n) is 2.42. The number of nitrogens with one attached hydrogen (secondary N) is 1. The van der Waals surface area contributed by atoms with Gasteiger partial charge in [0, 0.05) is 6.54 Å². The first kappa shape index (κ1) is 13.9. The van der Waals surface area contributed by atoms with Crippen LogP contribution in [0.5, 0.6) is 0 Å². The molecule has 0 aromatic carbocycles. The van der Waals surface area contributed by atoms with Gasteiger partial charge in [0.05, 0.1) is 12.6 Å². The SMILES string of the molecule is C=CCN[C@@H]1[C@H]2OC(C)(C)O[C@H]2O[C@@H]1C(O)CO. The van der Waals surface area contributed by atoms with Crippen LogP contribution in [-0.2, 0) is 14.2 Å². The van der Waals surface area contributed by atoms with Gasteiger partial charge in [0.25, 0.3) is 0 Å². The summed E-state index contributed by atoms with van der Waals surface area (Å²) in [7, 11) is 0. The van der Waals surface area contributed by atoms with Crippen molar-refractivity contribution in [1.82, 2.24) is 5.32 Å². The molecule has 2 aliphatic rings. The van der Waals surface area contributed by atoms with Gasteiger partial charge in [0.2, 0.25) is 0 Å². The van der Waals surface area contributed by atoms with Crippen molar-refractivity contribution in [3.05, 3.63) is 12.7 Å². The first-order chi connectivity index (χ1) is 8.48. The highest BCUT2D eigenvalue weighted by Crippen LogP contribution is 2.38. The lowest BCUT2D eigenvalue weighted by molar-refractivity contribution is -0.218. The Balaban J connectivity index is 2.09. The highest BCUT2D eigenvalue weighted by atomic mass is 16.8. The van der Waals surface area contributed by atoms with Crippen molar-refractivity contribution in [3.63, 3.8) is 0 Å². The lowest BCUT2D eigenvalue weighted by atomic mass is 10.0. The van der Waals surface area contributed by atoms with Crippen molar-refractivity contribution in [2.24, 2.45) is 0 Å². The minimum atomic E-state index is -0.965. The Hall–Kier alpha value is -0.500. The van der Waals surface area contributed by atoms with Crippen molar-refractivity contribution in [2.45, 2.75) is 50.3 Å². The van der Waals surface area contributed by atoms with E-state index in [1.807, 2.05) is 13.8 Å². The van der Waals surface area contributed by atoms with E-state index in [1.54, 1.807) is 6.08 Å². The van der Waals surface area contributed by atoms with Crippen LogP contribution in [0.3, 0.4) is 0 Å². The average Bonchev–Trinajstić information content (AvgIpc) is 2.77. The van der Waals surface area contributed by atoms with Crippen molar-refractivity contribution in [1.29, 1.82) is 0 Å². The van der Waals surface area contributed by atoms with Gasteiger partial charge in [-0.05, 0) is 13.8 Å². The molecule has 0 radical (unpaired) electrons. The van der Waals surface area contributed by atoms with Gasteiger partial charge in [-0.25, -0.2) is 0 Å². The second kappa shape index (κ2) is 5.24. The number of ether oxygens (including phenoxy) is 3. The van der Waals surface area contributed by atoms with Gasteiger partial charge in [0.1, 0.15) is 18.3 Å². The first-order valence-electron chi connectivity index (χ1n) is 6.13. The number of aliphatic hydroxyl groups is 2. The van der Waals surface area contributed by atoms with E-state index in [2.05, 4.69) is 11.9 Å². The number of aliphatic hydroxyl groups excluding tert-OH is 2. The Bertz CT molecular complexity index is 309. The Morgan fingerprint density at radius 2 is 2.17 bits per heavy atom. The predicted molar refractivity (Wildman–Crippen MR) is 63.8 cm³/mol. The largest absolute Gasteiger partial charge is 0.394 e. The second-order valence-corrected chi connectivity index (χ2v) is 5.04. The molecule has 6 heteroatoms. The molecule has 0 bridgehead atoms. The summed E-state index contributed by atoms with van der Waals surface area (Å²) in [5, 5.41) is 22.0.